The molecule has 1 fully saturated rings. The van der Waals surface area contributed by atoms with Gasteiger partial charge in [0.1, 0.15) is 5.78 Å². The maximum absolute atomic E-state index is 11.9. The van der Waals surface area contributed by atoms with Gasteiger partial charge in [-0.1, -0.05) is 24.3 Å². The molecule has 0 amide bonds. The fourth-order valence-corrected chi connectivity index (χ4v) is 2.19. The van der Waals surface area contributed by atoms with Crippen molar-refractivity contribution < 1.29 is 14.3 Å². The second-order valence-corrected chi connectivity index (χ2v) is 4.59. The topological polar surface area (TPSA) is 48.4 Å². The number of hydrogen-bond donors (Lipinski definition) is 0. The molecule has 0 bridgehead atoms. The lowest BCUT2D eigenvalue weighted by atomic mass is 10.1. The largest absolute Gasteiger partial charge is 0.350 e. The molecule has 0 unspecified atom stereocenters. The number of carbonyl (C=O) groups is 1. The van der Waals surface area contributed by atoms with Crippen molar-refractivity contribution >= 4 is 16.7 Å². The van der Waals surface area contributed by atoms with Crippen molar-refractivity contribution in [3.63, 3.8) is 0 Å². The van der Waals surface area contributed by atoms with Crippen molar-refractivity contribution in [2.24, 2.45) is 0 Å². The van der Waals surface area contributed by atoms with Crippen LogP contribution in [-0.2, 0) is 20.7 Å². The molecule has 1 aromatic heterocycles. The van der Waals surface area contributed by atoms with E-state index < -0.39 is 0 Å². The molecule has 0 aliphatic carbocycles. The minimum atomic E-state index is -0.368. The number of pyridine rings is 1. The molecule has 1 aliphatic rings. The van der Waals surface area contributed by atoms with Crippen molar-refractivity contribution in [2.45, 2.75) is 19.1 Å². The summed E-state index contributed by atoms with van der Waals surface area (Å²) in [5, 5.41) is 1.08. The van der Waals surface area contributed by atoms with E-state index in [0.29, 0.717) is 26.1 Å². The molecular formula is C15H15NO3. The highest BCUT2D eigenvalue weighted by atomic mass is 16.7. The second kappa shape index (κ2) is 5.47. The lowest BCUT2D eigenvalue weighted by Gasteiger charge is -2.07. The van der Waals surface area contributed by atoms with Gasteiger partial charge in [0, 0.05) is 17.5 Å². The van der Waals surface area contributed by atoms with Gasteiger partial charge in [0.25, 0.3) is 0 Å². The Morgan fingerprint density at radius 3 is 2.79 bits per heavy atom. The zero-order chi connectivity index (χ0) is 13.1. The lowest BCUT2D eigenvalue weighted by Crippen LogP contribution is -2.16. The Bertz CT molecular complexity index is 591. The predicted octanol–water partition coefficient (Wildman–Crippen LogP) is 2.11. The van der Waals surface area contributed by atoms with E-state index in [1.807, 2.05) is 36.4 Å². The first-order valence-electron chi connectivity index (χ1n) is 6.41. The number of rotatable bonds is 4. The van der Waals surface area contributed by atoms with Gasteiger partial charge in [0.15, 0.2) is 6.29 Å². The number of para-hydroxylation sites is 1. The summed E-state index contributed by atoms with van der Waals surface area (Å²) in [4.78, 5) is 16.4. The third-order valence-electron chi connectivity index (χ3n) is 3.12. The van der Waals surface area contributed by atoms with Crippen LogP contribution in [0.5, 0.6) is 0 Å². The lowest BCUT2D eigenvalue weighted by molar-refractivity contribution is -0.126. The van der Waals surface area contributed by atoms with Crippen LogP contribution in [0, 0.1) is 0 Å². The van der Waals surface area contributed by atoms with Gasteiger partial charge in [-0.05, 0) is 12.1 Å². The number of ketones is 1. The average molecular weight is 257 g/mol. The molecule has 0 spiro atoms. The molecule has 0 radical (unpaired) electrons. The Morgan fingerprint density at radius 2 is 1.95 bits per heavy atom. The number of Topliss-reactive ketones (excluding diaryl/α,β-unsaturated/α-hetero) is 1. The summed E-state index contributed by atoms with van der Waals surface area (Å²) < 4.78 is 10.5. The minimum absolute atomic E-state index is 0.0923. The van der Waals surface area contributed by atoms with Crippen molar-refractivity contribution in [1.82, 2.24) is 4.98 Å². The van der Waals surface area contributed by atoms with Crippen molar-refractivity contribution in [1.29, 1.82) is 0 Å². The van der Waals surface area contributed by atoms with Crippen LogP contribution in [0.4, 0.5) is 0 Å². The third kappa shape index (κ3) is 2.97. The molecule has 4 nitrogen and oxygen atoms in total. The molecule has 0 saturated carbocycles. The fourth-order valence-electron chi connectivity index (χ4n) is 2.19. The molecule has 4 heteroatoms. The number of aromatic nitrogens is 1. The first kappa shape index (κ1) is 12.3. The van der Waals surface area contributed by atoms with Crippen molar-refractivity contribution in [3.8, 4) is 0 Å². The maximum Gasteiger partial charge on any atom is 0.164 e. The molecule has 0 N–H and O–H groups in total. The van der Waals surface area contributed by atoms with Gasteiger partial charge in [-0.15, -0.1) is 0 Å². The van der Waals surface area contributed by atoms with Crippen molar-refractivity contribution in [3.05, 3.63) is 42.1 Å². The second-order valence-electron chi connectivity index (χ2n) is 4.59. The van der Waals surface area contributed by atoms with E-state index in [2.05, 4.69) is 4.98 Å². The van der Waals surface area contributed by atoms with E-state index >= 15 is 0 Å². The first-order valence-corrected chi connectivity index (χ1v) is 6.41. The summed E-state index contributed by atoms with van der Waals surface area (Å²) in [6, 6.07) is 11.8. The van der Waals surface area contributed by atoms with Gasteiger partial charge < -0.3 is 9.47 Å². The number of ether oxygens (including phenoxy) is 2. The minimum Gasteiger partial charge on any atom is -0.350 e. The average Bonchev–Trinajstić information content (AvgIpc) is 2.91. The SMILES string of the molecule is O=C(Cc1ccc2ccccc2n1)CC1OCCO1. The van der Waals surface area contributed by atoms with Crippen LogP contribution in [0.2, 0.25) is 0 Å². The van der Waals surface area contributed by atoms with Gasteiger partial charge in [0.2, 0.25) is 0 Å². The summed E-state index contributed by atoms with van der Waals surface area (Å²) >= 11 is 0. The van der Waals surface area contributed by atoms with Gasteiger partial charge in [0.05, 0.1) is 25.2 Å². The third-order valence-corrected chi connectivity index (χ3v) is 3.12. The molecule has 1 saturated heterocycles. The first-order chi connectivity index (χ1) is 9.31. The standard InChI is InChI=1S/C15H15NO3/c17-13(10-15-18-7-8-19-15)9-12-6-5-11-3-1-2-4-14(11)16-12/h1-6,15H,7-10H2. The highest BCUT2D eigenvalue weighted by Crippen LogP contribution is 2.14. The van der Waals surface area contributed by atoms with Crippen LogP contribution in [0.25, 0.3) is 10.9 Å². The monoisotopic (exact) mass is 257 g/mol. The van der Waals surface area contributed by atoms with Gasteiger partial charge >= 0.3 is 0 Å². The Kier molecular flexibility index (Phi) is 3.53. The molecule has 98 valence electrons. The molecular weight excluding hydrogens is 242 g/mol. The number of benzene rings is 1. The van der Waals surface area contributed by atoms with Crippen LogP contribution in [0.3, 0.4) is 0 Å². The van der Waals surface area contributed by atoms with Crippen LogP contribution in [-0.4, -0.2) is 30.3 Å². The molecule has 2 heterocycles. The summed E-state index contributed by atoms with van der Waals surface area (Å²) in [5.74, 6) is 0.0923. The molecule has 19 heavy (non-hydrogen) atoms. The molecule has 2 aromatic rings. The smallest absolute Gasteiger partial charge is 0.164 e. The van der Waals surface area contributed by atoms with Gasteiger partial charge in [-0.3, -0.25) is 9.78 Å². The molecule has 0 atom stereocenters. The Morgan fingerprint density at radius 1 is 1.16 bits per heavy atom. The molecule has 3 rings (SSSR count). The Hall–Kier alpha value is -1.78. The van der Waals surface area contributed by atoms with Crippen LogP contribution in [0.1, 0.15) is 12.1 Å². The predicted molar refractivity (Wildman–Crippen MR) is 70.8 cm³/mol. The number of carbonyl (C=O) groups excluding carboxylic acids is 1. The van der Waals surface area contributed by atoms with E-state index in [9.17, 15) is 4.79 Å². The zero-order valence-electron chi connectivity index (χ0n) is 10.5. The van der Waals surface area contributed by atoms with Crippen LogP contribution in [0.15, 0.2) is 36.4 Å². The summed E-state index contributed by atoms with van der Waals surface area (Å²) in [6.07, 6.45) is 0.260. The van der Waals surface area contributed by atoms with E-state index in [-0.39, 0.29) is 12.1 Å². The summed E-state index contributed by atoms with van der Waals surface area (Å²) in [5.41, 5.74) is 1.71. The summed E-state index contributed by atoms with van der Waals surface area (Å²) in [6.45, 7) is 1.15. The normalized spacial score (nSPS) is 16.0. The van der Waals surface area contributed by atoms with E-state index in [1.54, 1.807) is 0 Å². The Balaban J connectivity index is 1.68. The van der Waals surface area contributed by atoms with E-state index in [4.69, 9.17) is 9.47 Å². The molecule has 1 aliphatic heterocycles. The number of hydrogen-bond acceptors (Lipinski definition) is 4. The quantitative estimate of drug-likeness (QED) is 0.841. The fraction of sp³-hybridized carbons (Fsp3) is 0.333. The van der Waals surface area contributed by atoms with Crippen LogP contribution < -0.4 is 0 Å². The van der Waals surface area contributed by atoms with Gasteiger partial charge in [-0.2, -0.15) is 0 Å². The van der Waals surface area contributed by atoms with E-state index in [1.165, 1.54) is 0 Å². The number of nitrogens with zero attached hydrogens (tertiary/aromatic N) is 1. The highest BCUT2D eigenvalue weighted by molar-refractivity contribution is 5.83. The van der Waals surface area contributed by atoms with Crippen molar-refractivity contribution in [2.75, 3.05) is 13.2 Å². The van der Waals surface area contributed by atoms with Gasteiger partial charge in [-0.25, -0.2) is 0 Å². The van der Waals surface area contributed by atoms with E-state index in [0.717, 1.165) is 16.6 Å². The Labute approximate surface area is 111 Å². The zero-order valence-corrected chi connectivity index (χ0v) is 10.5. The molecule has 1 aromatic carbocycles. The maximum atomic E-state index is 11.9. The summed E-state index contributed by atoms with van der Waals surface area (Å²) in [7, 11) is 0. The highest BCUT2D eigenvalue weighted by Gasteiger charge is 2.19. The van der Waals surface area contributed by atoms with Crippen LogP contribution >= 0.6 is 0 Å². The number of fused-ring (bicyclic) bond motifs is 1.